The summed E-state index contributed by atoms with van der Waals surface area (Å²) in [6.45, 7) is 0. The Hall–Kier alpha value is -0.240. The lowest BCUT2D eigenvalue weighted by Gasteiger charge is -1.92. The van der Waals surface area contributed by atoms with Gasteiger partial charge < -0.3 is 5.11 Å². The van der Waals surface area contributed by atoms with Crippen LogP contribution >= 0.6 is 54.5 Å². The van der Waals surface area contributed by atoms with Gasteiger partial charge in [0.15, 0.2) is 5.69 Å². The van der Waals surface area contributed by atoms with Crippen LogP contribution in [0, 0.1) is 0 Å². The van der Waals surface area contributed by atoms with Crippen molar-refractivity contribution >= 4 is 60.5 Å². The number of rotatable bonds is 2. The van der Waals surface area contributed by atoms with Gasteiger partial charge in [0, 0.05) is 9.35 Å². The molecule has 78 valence electrons. The van der Waals surface area contributed by atoms with E-state index >= 15 is 0 Å². The third-order valence-electron chi connectivity index (χ3n) is 1.64. The van der Waals surface area contributed by atoms with E-state index in [-0.39, 0.29) is 5.69 Å². The van der Waals surface area contributed by atoms with E-state index in [2.05, 4.69) is 36.8 Å². The third-order valence-corrected chi connectivity index (χ3v) is 5.90. The number of thiazole rings is 1. The minimum atomic E-state index is -0.994. The average molecular weight is 369 g/mol. The van der Waals surface area contributed by atoms with Gasteiger partial charge in [-0.3, -0.25) is 0 Å². The van der Waals surface area contributed by atoms with Crippen molar-refractivity contribution in [2.75, 3.05) is 0 Å². The van der Waals surface area contributed by atoms with Crippen LogP contribution < -0.4 is 0 Å². The summed E-state index contributed by atoms with van der Waals surface area (Å²) in [6, 6.07) is 1.88. The van der Waals surface area contributed by atoms with E-state index in [1.165, 1.54) is 22.7 Å². The number of carbonyl (C=O) groups is 1. The molecule has 0 amide bonds. The lowest BCUT2D eigenvalue weighted by Crippen LogP contribution is -1.97. The molecule has 0 saturated carbocycles. The lowest BCUT2D eigenvalue weighted by molar-refractivity contribution is 0.0692. The quantitative estimate of drug-likeness (QED) is 0.868. The van der Waals surface area contributed by atoms with E-state index in [1.807, 2.05) is 6.07 Å². The van der Waals surface area contributed by atoms with Gasteiger partial charge in [-0.25, -0.2) is 9.78 Å². The summed E-state index contributed by atoms with van der Waals surface area (Å²) >= 11 is 9.55. The highest BCUT2D eigenvalue weighted by Crippen LogP contribution is 2.40. The van der Waals surface area contributed by atoms with Gasteiger partial charge in [-0.2, -0.15) is 0 Å². The molecule has 7 heteroatoms. The van der Waals surface area contributed by atoms with Crippen molar-refractivity contribution in [1.82, 2.24) is 4.98 Å². The number of hydrogen-bond donors (Lipinski definition) is 1. The largest absolute Gasteiger partial charge is 0.476 e. The predicted molar refractivity (Wildman–Crippen MR) is 67.8 cm³/mol. The summed E-state index contributed by atoms with van der Waals surface area (Å²) < 4.78 is 1.87. The molecule has 0 unspecified atom stereocenters. The van der Waals surface area contributed by atoms with Crippen LogP contribution in [-0.2, 0) is 0 Å². The Morgan fingerprint density at radius 2 is 2.20 bits per heavy atom. The first-order chi connectivity index (χ1) is 7.09. The number of thiophene rings is 1. The van der Waals surface area contributed by atoms with Crippen LogP contribution in [0.1, 0.15) is 10.5 Å². The van der Waals surface area contributed by atoms with Gasteiger partial charge in [0.2, 0.25) is 0 Å². The Morgan fingerprint density at radius 1 is 1.47 bits per heavy atom. The van der Waals surface area contributed by atoms with E-state index in [0.717, 1.165) is 13.1 Å². The van der Waals surface area contributed by atoms with Crippen LogP contribution in [0.3, 0.4) is 0 Å². The number of aromatic nitrogens is 1. The lowest BCUT2D eigenvalue weighted by atomic mass is 10.3. The van der Waals surface area contributed by atoms with Crippen molar-refractivity contribution in [3.8, 4) is 9.75 Å². The van der Waals surface area contributed by atoms with Crippen LogP contribution in [0.4, 0.5) is 0 Å². The molecule has 0 aromatic carbocycles. The fourth-order valence-corrected chi connectivity index (χ4v) is 3.97. The predicted octanol–water partition coefficient (Wildman–Crippen LogP) is 4.09. The molecule has 15 heavy (non-hydrogen) atoms. The normalized spacial score (nSPS) is 10.5. The molecule has 0 bridgehead atoms. The summed E-state index contributed by atoms with van der Waals surface area (Å²) in [6.07, 6.45) is 0. The van der Waals surface area contributed by atoms with Crippen molar-refractivity contribution in [2.24, 2.45) is 0 Å². The second-order valence-corrected chi connectivity index (χ2v) is 6.65. The van der Waals surface area contributed by atoms with Gasteiger partial charge in [0.1, 0.15) is 0 Å². The Balaban J connectivity index is 2.54. The molecule has 0 atom stereocenters. The minimum Gasteiger partial charge on any atom is -0.476 e. The van der Waals surface area contributed by atoms with Crippen LogP contribution in [0.15, 0.2) is 19.8 Å². The molecule has 2 aromatic rings. The van der Waals surface area contributed by atoms with Crippen LogP contribution in [0.2, 0.25) is 0 Å². The highest BCUT2D eigenvalue weighted by molar-refractivity contribution is 9.13. The van der Waals surface area contributed by atoms with Crippen LogP contribution in [0.5, 0.6) is 0 Å². The van der Waals surface area contributed by atoms with Crippen molar-refractivity contribution in [1.29, 1.82) is 0 Å². The summed E-state index contributed by atoms with van der Waals surface area (Å²) in [5.41, 5.74) is 1.65. The molecule has 0 saturated heterocycles. The number of aromatic carboxylic acids is 1. The van der Waals surface area contributed by atoms with Crippen LogP contribution in [0.25, 0.3) is 9.75 Å². The Kier molecular flexibility index (Phi) is 3.24. The Labute approximate surface area is 110 Å². The first-order valence-electron chi connectivity index (χ1n) is 3.71. The maximum absolute atomic E-state index is 10.9. The summed E-state index contributed by atoms with van der Waals surface area (Å²) in [5.74, 6) is -0.994. The fourth-order valence-electron chi connectivity index (χ4n) is 1.03. The monoisotopic (exact) mass is 367 g/mol. The van der Waals surface area contributed by atoms with Gasteiger partial charge in [-0.1, -0.05) is 0 Å². The molecule has 2 aromatic heterocycles. The van der Waals surface area contributed by atoms with Gasteiger partial charge in [0.25, 0.3) is 0 Å². The number of hydrogen-bond acceptors (Lipinski definition) is 4. The Bertz CT molecular complexity index is 501. The van der Waals surface area contributed by atoms with Gasteiger partial charge in [-0.15, -0.1) is 22.7 Å². The molecule has 0 aliphatic heterocycles. The van der Waals surface area contributed by atoms with Crippen LogP contribution in [-0.4, -0.2) is 16.1 Å². The smallest absolute Gasteiger partial charge is 0.356 e. The summed E-state index contributed by atoms with van der Waals surface area (Å²) in [7, 11) is 0. The Morgan fingerprint density at radius 3 is 2.73 bits per heavy atom. The van der Waals surface area contributed by atoms with Gasteiger partial charge in [-0.05, 0) is 37.9 Å². The number of nitrogens with zero attached hydrogens (tertiary/aromatic N) is 1. The number of halogens is 2. The molecule has 2 heterocycles. The minimum absolute atomic E-state index is 0.112. The van der Waals surface area contributed by atoms with Crippen molar-refractivity contribution in [2.45, 2.75) is 0 Å². The zero-order valence-corrected chi connectivity index (χ0v) is 11.8. The third kappa shape index (κ3) is 2.15. The summed E-state index contributed by atoms with van der Waals surface area (Å²) in [5, 5.41) is 8.92. The standard InChI is InChI=1S/C8H3Br2NO2S2/c9-3-1-4(15-7(3)10)6-5(8(12)13)11-2-14-6/h1-2H,(H,12,13). The first kappa shape index (κ1) is 11.3. The topological polar surface area (TPSA) is 50.2 Å². The van der Waals surface area contributed by atoms with E-state index in [9.17, 15) is 4.79 Å². The average Bonchev–Trinajstić information content (AvgIpc) is 2.73. The van der Waals surface area contributed by atoms with Crippen molar-refractivity contribution in [3.05, 3.63) is 25.5 Å². The van der Waals surface area contributed by atoms with Crippen molar-refractivity contribution < 1.29 is 9.90 Å². The first-order valence-corrected chi connectivity index (χ1v) is 7.00. The molecular weight excluding hydrogens is 366 g/mol. The van der Waals surface area contributed by atoms with Crippen molar-refractivity contribution in [3.63, 3.8) is 0 Å². The maximum Gasteiger partial charge on any atom is 0.356 e. The molecule has 1 N–H and O–H groups in total. The van der Waals surface area contributed by atoms with E-state index in [0.29, 0.717) is 4.88 Å². The molecule has 0 aliphatic carbocycles. The highest BCUT2D eigenvalue weighted by atomic mass is 79.9. The highest BCUT2D eigenvalue weighted by Gasteiger charge is 2.17. The second-order valence-electron chi connectivity index (χ2n) is 2.57. The van der Waals surface area contributed by atoms with E-state index < -0.39 is 5.97 Å². The van der Waals surface area contributed by atoms with Gasteiger partial charge in [0.05, 0.1) is 14.2 Å². The van der Waals surface area contributed by atoms with E-state index in [4.69, 9.17) is 5.11 Å². The molecule has 0 radical (unpaired) electrons. The summed E-state index contributed by atoms with van der Waals surface area (Å²) in [4.78, 5) is 16.3. The number of carboxylic acid groups (broad SMARTS) is 1. The molecule has 0 fully saturated rings. The zero-order valence-electron chi connectivity index (χ0n) is 7.03. The maximum atomic E-state index is 10.9. The molecule has 2 rings (SSSR count). The van der Waals surface area contributed by atoms with Gasteiger partial charge >= 0.3 is 5.97 Å². The van der Waals surface area contributed by atoms with E-state index in [1.54, 1.807) is 5.51 Å². The molecule has 3 nitrogen and oxygen atoms in total. The molecule has 0 aliphatic rings. The SMILES string of the molecule is O=C(O)c1ncsc1-c1cc(Br)c(Br)s1. The molecular formula is C8H3Br2NO2S2. The number of carboxylic acids is 1. The second kappa shape index (κ2) is 4.32. The zero-order chi connectivity index (χ0) is 11.0. The fraction of sp³-hybridized carbons (Fsp3) is 0. The molecule has 0 spiro atoms.